The Hall–Kier alpha value is -1.56. The third-order valence-electron chi connectivity index (χ3n) is 5.70. The van der Waals surface area contributed by atoms with Gasteiger partial charge in [-0.1, -0.05) is 6.07 Å². The van der Waals surface area contributed by atoms with Crippen LogP contribution >= 0.6 is 11.3 Å². The molecule has 5 heteroatoms. The molecule has 2 aliphatic heterocycles. The van der Waals surface area contributed by atoms with E-state index in [4.69, 9.17) is 9.47 Å². The number of thiophene rings is 1. The summed E-state index contributed by atoms with van der Waals surface area (Å²) < 4.78 is 11.0. The highest BCUT2D eigenvalue weighted by atomic mass is 32.1. The fraction of sp³-hybridized carbons (Fsp3) is 0.524. The number of fused-ring (bicyclic) bond motifs is 1. The maximum absolute atomic E-state index is 5.51. The molecule has 26 heavy (non-hydrogen) atoms. The number of nitrogens with zero attached hydrogens (tertiary/aromatic N) is 2. The Morgan fingerprint density at radius 1 is 1.12 bits per heavy atom. The van der Waals surface area contributed by atoms with E-state index in [0.29, 0.717) is 6.04 Å². The van der Waals surface area contributed by atoms with Crippen molar-refractivity contribution in [1.29, 1.82) is 0 Å². The normalized spacial score (nSPS) is 21.4. The van der Waals surface area contributed by atoms with Crippen molar-refractivity contribution >= 4 is 11.3 Å². The first kappa shape index (κ1) is 17.8. The lowest BCUT2D eigenvalue weighted by atomic mass is 9.95. The SMILES string of the molecule is COc1cc2c(cc1OC)CN(C1CCCN(Cc3cccs3)C1)CC2. The van der Waals surface area contributed by atoms with E-state index in [1.54, 1.807) is 14.2 Å². The summed E-state index contributed by atoms with van der Waals surface area (Å²) in [7, 11) is 3.43. The summed E-state index contributed by atoms with van der Waals surface area (Å²) in [5, 5.41) is 2.18. The van der Waals surface area contributed by atoms with Crippen LogP contribution in [-0.2, 0) is 19.5 Å². The first-order valence-corrected chi connectivity index (χ1v) is 10.4. The van der Waals surface area contributed by atoms with Gasteiger partial charge in [0.2, 0.25) is 0 Å². The summed E-state index contributed by atoms with van der Waals surface area (Å²) in [5.74, 6) is 1.69. The van der Waals surface area contributed by atoms with Crippen molar-refractivity contribution in [3.05, 3.63) is 45.6 Å². The van der Waals surface area contributed by atoms with Gasteiger partial charge in [-0.15, -0.1) is 11.3 Å². The molecule has 0 amide bonds. The zero-order valence-electron chi connectivity index (χ0n) is 15.7. The molecule has 4 nitrogen and oxygen atoms in total. The molecule has 1 aromatic heterocycles. The minimum absolute atomic E-state index is 0.657. The summed E-state index contributed by atoms with van der Waals surface area (Å²) in [4.78, 5) is 6.78. The van der Waals surface area contributed by atoms with Crippen molar-refractivity contribution in [2.24, 2.45) is 0 Å². The second-order valence-corrected chi connectivity index (χ2v) is 8.34. The van der Waals surface area contributed by atoms with Crippen LogP contribution in [0.4, 0.5) is 0 Å². The number of hydrogen-bond donors (Lipinski definition) is 0. The Balaban J connectivity index is 1.44. The second kappa shape index (κ2) is 7.99. The van der Waals surface area contributed by atoms with Gasteiger partial charge in [-0.25, -0.2) is 0 Å². The minimum atomic E-state index is 0.657. The fourth-order valence-corrected chi connectivity index (χ4v) is 5.06. The van der Waals surface area contributed by atoms with Crippen LogP contribution in [0, 0.1) is 0 Å². The lowest BCUT2D eigenvalue weighted by Crippen LogP contribution is -2.49. The number of benzene rings is 1. The number of methoxy groups -OCH3 is 2. The predicted octanol–water partition coefficient (Wildman–Crippen LogP) is 3.79. The standard InChI is InChI=1S/C21H28N2O2S/c1-24-20-11-16-7-9-23(13-17(16)12-21(20)25-2)18-5-3-8-22(14-18)15-19-6-4-10-26-19/h4,6,10-12,18H,3,5,7-9,13-15H2,1-2H3. The van der Waals surface area contributed by atoms with Crippen LogP contribution in [0.2, 0.25) is 0 Å². The molecule has 0 radical (unpaired) electrons. The van der Waals surface area contributed by atoms with Gasteiger partial charge in [-0.05, 0) is 60.5 Å². The Morgan fingerprint density at radius 2 is 1.92 bits per heavy atom. The van der Waals surface area contributed by atoms with E-state index in [-0.39, 0.29) is 0 Å². The lowest BCUT2D eigenvalue weighted by molar-refractivity contribution is 0.0842. The zero-order chi connectivity index (χ0) is 17.9. The maximum atomic E-state index is 5.51. The van der Waals surface area contributed by atoms with E-state index in [0.717, 1.165) is 37.6 Å². The fourth-order valence-electron chi connectivity index (χ4n) is 4.31. The monoisotopic (exact) mass is 372 g/mol. The summed E-state index contributed by atoms with van der Waals surface area (Å²) in [6.07, 6.45) is 3.70. The topological polar surface area (TPSA) is 24.9 Å². The summed E-state index contributed by atoms with van der Waals surface area (Å²) in [6, 6.07) is 9.41. The lowest BCUT2D eigenvalue weighted by Gasteiger charge is -2.41. The number of ether oxygens (including phenoxy) is 2. The zero-order valence-corrected chi connectivity index (χ0v) is 16.6. The van der Waals surface area contributed by atoms with Crippen molar-refractivity contribution in [2.45, 2.75) is 38.4 Å². The predicted molar refractivity (Wildman–Crippen MR) is 106 cm³/mol. The highest BCUT2D eigenvalue weighted by Crippen LogP contribution is 2.34. The van der Waals surface area contributed by atoms with Crippen LogP contribution in [0.5, 0.6) is 11.5 Å². The minimum Gasteiger partial charge on any atom is -0.493 e. The van der Waals surface area contributed by atoms with E-state index >= 15 is 0 Å². The van der Waals surface area contributed by atoms with E-state index in [1.165, 1.54) is 41.9 Å². The van der Waals surface area contributed by atoms with Crippen molar-refractivity contribution < 1.29 is 9.47 Å². The van der Waals surface area contributed by atoms with Gasteiger partial charge in [-0.2, -0.15) is 0 Å². The molecule has 0 bridgehead atoms. The quantitative estimate of drug-likeness (QED) is 0.797. The van der Waals surface area contributed by atoms with Gasteiger partial charge in [0.15, 0.2) is 11.5 Å². The highest BCUT2D eigenvalue weighted by Gasteiger charge is 2.28. The van der Waals surface area contributed by atoms with E-state index < -0.39 is 0 Å². The summed E-state index contributed by atoms with van der Waals surface area (Å²) in [6.45, 7) is 5.67. The number of hydrogen-bond acceptors (Lipinski definition) is 5. The molecular weight excluding hydrogens is 344 g/mol. The van der Waals surface area contributed by atoms with Crippen LogP contribution < -0.4 is 9.47 Å². The molecule has 4 rings (SSSR count). The molecule has 2 aromatic rings. The summed E-state index contributed by atoms with van der Waals surface area (Å²) in [5.41, 5.74) is 2.80. The van der Waals surface area contributed by atoms with Crippen molar-refractivity contribution in [3.63, 3.8) is 0 Å². The smallest absolute Gasteiger partial charge is 0.161 e. The molecule has 1 aromatic carbocycles. The van der Waals surface area contributed by atoms with Gasteiger partial charge < -0.3 is 9.47 Å². The molecule has 0 N–H and O–H groups in total. The Bertz CT molecular complexity index is 732. The largest absolute Gasteiger partial charge is 0.493 e. The van der Waals surface area contributed by atoms with E-state index in [2.05, 4.69) is 39.4 Å². The van der Waals surface area contributed by atoms with Gasteiger partial charge in [0.1, 0.15) is 0 Å². The maximum Gasteiger partial charge on any atom is 0.161 e. The van der Waals surface area contributed by atoms with Gasteiger partial charge in [-0.3, -0.25) is 9.80 Å². The molecular formula is C21H28N2O2S. The Kier molecular flexibility index (Phi) is 5.48. The Labute approximate surface area is 160 Å². The van der Waals surface area contributed by atoms with Gasteiger partial charge in [0, 0.05) is 37.1 Å². The molecule has 1 fully saturated rings. The molecule has 0 saturated carbocycles. The van der Waals surface area contributed by atoms with Crippen LogP contribution in [0.15, 0.2) is 29.6 Å². The highest BCUT2D eigenvalue weighted by molar-refractivity contribution is 7.09. The average molecular weight is 373 g/mol. The van der Waals surface area contributed by atoms with Crippen molar-refractivity contribution in [1.82, 2.24) is 9.80 Å². The molecule has 0 spiro atoms. The van der Waals surface area contributed by atoms with Crippen LogP contribution in [0.1, 0.15) is 28.8 Å². The third kappa shape index (κ3) is 3.75. The Morgan fingerprint density at radius 3 is 2.65 bits per heavy atom. The van der Waals surface area contributed by atoms with Gasteiger partial charge >= 0.3 is 0 Å². The number of rotatable bonds is 5. The molecule has 140 valence electrons. The molecule has 0 aliphatic carbocycles. The first-order chi connectivity index (χ1) is 12.8. The molecule has 1 atom stereocenters. The molecule has 3 heterocycles. The molecule has 1 unspecified atom stereocenters. The van der Waals surface area contributed by atoms with Crippen molar-refractivity contribution in [3.8, 4) is 11.5 Å². The third-order valence-corrected chi connectivity index (χ3v) is 6.57. The molecule has 2 aliphatic rings. The first-order valence-electron chi connectivity index (χ1n) is 9.49. The van der Waals surface area contributed by atoms with Crippen LogP contribution in [0.25, 0.3) is 0 Å². The van der Waals surface area contributed by atoms with Crippen LogP contribution in [-0.4, -0.2) is 49.7 Å². The number of likely N-dealkylation sites (tertiary alicyclic amines) is 1. The molecule has 1 saturated heterocycles. The van der Waals surface area contributed by atoms with E-state index in [9.17, 15) is 0 Å². The van der Waals surface area contributed by atoms with Gasteiger partial charge in [0.05, 0.1) is 14.2 Å². The summed E-state index contributed by atoms with van der Waals surface area (Å²) >= 11 is 1.87. The van der Waals surface area contributed by atoms with Gasteiger partial charge in [0.25, 0.3) is 0 Å². The average Bonchev–Trinajstić information content (AvgIpc) is 3.19. The van der Waals surface area contributed by atoms with E-state index in [1.807, 2.05) is 11.3 Å². The van der Waals surface area contributed by atoms with Crippen molar-refractivity contribution in [2.75, 3.05) is 33.9 Å². The number of piperidine rings is 1. The van der Waals surface area contributed by atoms with Crippen LogP contribution in [0.3, 0.4) is 0 Å². The second-order valence-electron chi connectivity index (χ2n) is 7.31.